The molecule has 0 aromatic heterocycles. The molecule has 0 fully saturated rings. The Kier molecular flexibility index (Phi) is 5.51. The second-order valence-corrected chi connectivity index (χ2v) is 10.1. The first kappa shape index (κ1) is 16.1. The Bertz CT molecular complexity index is 586. The van der Waals surface area contributed by atoms with Crippen LogP contribution in [0.4, 0.5) is 5.69 Å². The molecule has 19 heavy (non-hydrogen) atoms. The van der Waals surface area contributed by atoms with Crippen LogP contribution in [-0.2, 0) is 15.8 Å². The lowest BCUT2D eigenvalue weighted by Gasteiger charge is -2.05. The van der Waals surface area contributed by atoms with Crippen molar-refractivity contribution >= 4 is 50.5 Å². The fourth-order valence-electron chi connectivity index (χ4n) is 1.51. The number of nitrogens with one attached hydrogen (secondary N) is 1. The number of benzene rings is 1. The lowest BCUT2D eigenvalue weighted by atomic mass is 10.1. The van der Waals surface area contributed by atoms with Gasteiger partial charge in [-0.2, -0.15) is 5.26 Å². The largest absolute Gasteiger partial charge is 0.495 e. The molecule has 102 valence electrons. The highest BCUT2D eigenvalue weighted by atomic mass is 36.0. The van der Waals surface area contributed by atoms with Crippen LogP contribution in [0.3, 0.4) is 0 Å². The second-order valence-electron chi connectivity index (χ2n) is 3.45. The minimum absolute atomic E-state index is 0.0443. The van der Waals surface area contributed by atoms with Crippen molar-refractivity contribution in [3.05, 3.63) is 23.3 Å². The lowest BCUT2D eigenvalue weighted by Crippen LogP contribution is -2.03. The standard InChI is InChI=1S/C10H8N2O2.Cl3OP/c1-14-9-4-8-6(2-7(9)5-11)3-10(13)12-8;1-5(2,3)4/h2,4H,3H2,1H3,(H,12,13);. The average molecular weight is 342 g/mol. The van der Waals surface area contributed by atoms with Crippen LogP contribution < -0.4 is 10.1 Å². The van der Waals surface area contributed by atoms with Gasteiger partial charge in [-0.15, -0.1) is 0 Å². The molecule has 0 atom stereocenters. The molecular formula is C10H8Cl3N2O3P. The van der Waals surface area contributed by atoms with Gasteiger partial charge in [0.15, 0.2) is 0 Å². The van der Waals surface area contributed by atoms with Crippen LogP contribution in [0.2, 0.25) is 0 Å². The van der Waals surface area contributed by atoms with Gasteiger partial charge in [0.05, 0.1) is 19.1 Å². The zero-order chi connectivity index (χ0) is 14.6. The summed E-state index contributed by atoms with van der Waals surface area (Å²) in [6, 6.07) is 5.39. The van der Waals surface area contributed by atoms with Crippen LogP contribution in [0.5, 0.6) is 5.75 Å². The van der Waals surface area contributed by atoms with Gasteiger partial charge in [0.1, 0.15) is 11.8 Å². The smallest absolute Gasteiger partial charge is 0.339 e. The fraction of sp³-hybridized carbons (Fsp3) is 0.200. The molecule has 0 bridgehead atoms. The molecule has 1 aliphatic rings. The lowest BCUT2D eigenvalue weighted by molar-refractivity contribution is -0.115. The number of hydrogen-bond donors (Lipinski definition) is 1. The van der Waals surface area contributed by atoms with Crippen molar-refractivity contribution in [1.82, 2.24) is 0 Å². The van der Waals surface area contributed by atoms with Gasteiger partial charge in [-0.3, -0.25) is 9.36 Å². The van der Waals surface area contributed by atoms with E-state index in [-0.39, 0.29) is 5.91 Å². The van der Waals surface area contributed by atoms with E-state index in [4.69, 9.17) is 10.00 Å². The normalized spacial score (nSPS) is 12.7. The van der Waals surface area contributed by atoms with Crippen LogP contribution in [0.25, 0.3) is 0 Å². The van der Waals surface area contributed by atoms with Gasteiger partial charge in [-0.1, -0.05) is 0 Å². The van der Waals surface area contributed by atoms with E-state index in [1.165, 1.54) is 7.11 Å². The van der Waals surface area contributed by atoms with Crippen molar-refractivity contribution in [2.45, 2.75) is 6.42 Å². The Morgan fingerprint density at radius 3 is 2.47 bits per heavy atom. The zero-order valence-corrected chi connectivity index (χ0v) is 12.8. The minimum atomic E-state index is -3.22. The third-order valence-corrected chi connectivity index (χ3v) is 2.17. The highest BCUT2D eigenvalue weighted by Gasteiger charge is 2.20. The number of fused-ring (bicyclic) bond motifs is 1. The molecule has 9 heteroatoms. The topological polar surface area (TPSA) is 79.2 Å². The van der Waals surface area contributed by atoms with Gasteiger partial charge < -0.3 is 10.1 Å². The van der Waals surface area contributed by atoms with E-state index in [1.807, 2.05) is 6.07 Å². The van der Waals surface area contributed by atoms with Crippen molar-refractivity contribution in [2.75, 3.05) is 12.4 Å². The van der Waals surface area contributed by atoms with Crippen LogP contribution in [0.1, 0.15) is 11.1 Å². The van der Waals surface area contributed by atoms with Crippen molar-refractivity contribution in [3.63, 3.8) is 0 Å². The van der Waals surface area contributed by atoms with Gasteiger partial charge in [0.2, 0.25) is 5.91 Å². The van der Waals surface area contributed by atoms with Crippen molar-refractivity contribution in [3.8, 4) is 11.8 Å². The number of nitriles is 1. The van der Waals surface area contributed by atoms with E-state index >= 15 is 0 Å². The monoisotopic (exact) mass is 340 g/mol. The van der Waals surface area contributed by atoms with Crippen LogP contribution >= 0.6 is 38.9 Å². The summed E-state index contributed by atoms with van der Waals surface area (Å²) in [6.07, 6.45) is 0.341. The number of hydrogen-bond acceptors (Lipinski definition) is 4. The van der Waals surface area contributed by atoms with Crippen molar-refractivity contribution in [2.24, 2.45) is 0 Å². The summed E-state index contributed by atoms with van der Waals surface area (Å²) in [5, 5.41) is 8.28. The van der Waals surface area contributed by atoms with E-state index < -0.39 is 5.20 Å². The predicted molar refractivity (Wildman–Crippen MR) is 75.2 cm³/mol. The van der Waals surface area contributed by atoms with Gasteiger partial charge >= 0.3 is 5.20 Å². The van der Waals surface area contributed by atoms with E-state index in [9.17, 15) is 9.36 Å². The molecule has 5 nitrogen and oxygen atoms in total. The van der Waals surface area contributed by atoms with Crippen LogP contribution in [0.15, 0.2) is 12.1 Å². The molecule has 0 saturated heterocycles. The van der Waals surface area contributed by atoms with Gasteiger partial charge in [-0.25, -0.2) is 0 Å². The highest BCUT2D eigenvalue weighted by molar-refractivity contribution is 8.24. The molecule has 0 unspecified atom stereocenters. The fourth-order valence-corrected chi connectivity index (χ4v) is 1.51. The summed E-state index contributed by atoms with van der Waals surface area (Å²) in [5.74, 6) is 0.450. The number of amides is 1. The number of halogens is 3. The Labute approximate surface area is 124 Å². The number of rotatable bonds is 1. The Hall–Kier alpha value is -0.920. The minimum Gasteiger partial charge on any atom is -0.495 e. The maximum absolute atomic E-state index is 11.1. The molecule has 2 rings (SSSR count). The predicted octanol–water partition coefficient (Wildman–Crippen LogP) is 3.87. The van der Waals surface area contributed by atoms with Crippen LogP contribution in [-0.4, -0.2) is 13.0 Å². The first-order valence-corrected chi connectivity index (χ1v) is 9.26. The molecule has 1 amide bonds. The maximum atomic E-state index is 11.1. The second kappa shape index (κ2) is 6.49. The first-order chi connectivity index (χ1) is 8.74. The highest BCUT2D eigenvalue weighted by Crippen LogP contribution is 2.61. The van der Waals surface area contributed by atoms with Gasteiger partial charge in [0, 0.05) is 11.8 Å². The molecule has 0 saturated carbocycles. The maximum Gasteiger partial charge on any atom is 0.339 e. The summed E-state index contributed by atoms with van der Waals surface area (Å²) >= 11 is 13.8. The summed E-state index contributed by atoms with van der Waals surface area (Å²) in [5.41, 5.74) is 2.06. The molecule has 1 aliphatic heterocycles. The number of anilines is 1. The molecular weight excluding hydrogens is 333 g/mol. The molecule has 1 N–H and O–H groups in total. The number of carbonyl (C=O) groups is 1. The van der Waals surface area contributed by atoms with Crippen molar-refractivity contribution < 1.29 is 14.1 Å². The number of methoxy groups -OCH3 is 1. The molecule has 0 radical (unpaired) electrons. The summed E-state index contributed by atoms with van der Waals surface area (Å²) in [6.45, 7) is 0. The molecule has 1 heterocycles. The van der Waals surface area contributed by atoms with Gasteiger partial charge in [0.25, 0.3) is 0 Å². The van der Waals surface area contributed by atoms with E-state index in [1.54, 1.807) is 12.1 Å². The first-order valence-electron chi connectivity index (χ1n) is 4.84. The number of ether oxygens (including phenoxy) is 1. The molecule has 1 aromatic carbocycles. The van der Waals surface area contributed by atoms with E-state index in [0.717, 1.165) is 11.3 Å². The quantitative estimate of drug-likeness (QED) is 0.786. The summed E-state index contributed by atoms with van der Waals surface area (Å²) < 4.78 is 14.5. The Morgan fingerprint density at radius 1 is 1.42 bits per heavy atom. The van der Waals surface area contributed by atoms with Crippen LogP contribution in [0, 0.1) is 11.3 Å². The Balaban J connectivity index is 0.000000312. The van der Waals surface area contributed by atoms with Crippen molar-refractivity contribution in [1.29, 1.82) is 5.26 Å². The van der Waals surface area contributed by atoms with E-state index in [2.05, 4.69) is 39.0 Å². The average Bonchev–Trinajstić information content (AvgIpc) is 2.63. The summed E-state index contributed by atoms with van der Waals surface area (Å²) in [7, 11) is 1.50. The Morgan fingerprint density at radius 2 is 2.00 bits per heavy atom. The van der Waals surface area contributed by atoms with Gasteiger partial charge in [-0.05, 0) is 45.4 Å². The number of carbonyl (C=O) groups excluding carboxylic acids is 1. The SMILES string of the molecule is COc1cc2c(cc1C#N)CC(=O)N2.O=P(Cl)(Cl)Cl. The molecule has 0 aliphatic carbocycles. The zero-order valence-electron chi connectivity index (χ0n) is 9.61. The summed E-state index contributed by atoms with van der Waals surface area (Å²) in [4.78, 5) is 11.1. The number of nitrogens with zero attached hydrogens (tertiary/aromatic N) is 1. The third kappa shape index (κ3) is 5.30. The third-order valence-electron chi connectivity index (χ3n) is 2.17. The van der Waals surface area contributed by atoms with E-state index in [0.29, 0.717) is 17.7 Å². The molecule has 0 spiro atoms. The molecule has 1 aromatic rings.